The number of methoxy groups -OCH3 is 1. The van der Waals surface area contributed by atoms with Gasteiger partial charge in [0.25, 0.3) is 0 Å². The van der Waals surface area contributed by atoms with Crippen molar-refractivity contribution in [2.45, 2.75) is 6.61 Å². The van der Waals surface area contributed by atoms with Gasteiger partial charge in [-0.15, -0.1) is 0 Å². The van der Waals surface area contributed by atoms with Crippen molar-refractivity contribution in [3.05, 3.63) is 35.2 Å². The highest BCUT2D eigenvalue weighted by Crippen LogP contribution is 2.22. The summed E-state index contributed by atoms with van der Waals surface area (Å²) in [7, 11) is 1.64. The van der Waals surface area contributed by atoms with Crippen molar-refractivity contribution in [1.82, 2.24) is 10.1 Å². The molecule has 0 aliphatic carbocycles. The first-order chi connectivity index (χ1) is 7.31. The Morgan fingerprint density at radius 3 is 2.87 bits per heavy atom. The fourth-order valence-electron chi connectivity index (χ4n) is 1.33. The maximum Gasteiger partial charge on any atom is 0.320 e. The minimum atomic E-state index is 0.0391. The van der Waals surface area contributed by atoms with Crippen molar-refractivity contribution < 1.29 is 9.26 Å². The fourth-order valence-corrected chi connectivity index (χ4v) is 1.45. The lowest BCUT2D eigenvalue weighted by Crippen LogP contribution is -1.92. The summed E-state index contributed by atoms with van der Waals surface area (Å²) in [6, 6.07) is 7.68. The first-order valence-corrected chi connectivity index (χ1v) is 4.75. The summed E-state index contributed by atoms with van der Waals surface area (Å²) in [6.07, 6.45) is 0. The number of benzene rings is 1. The van der Waals surface area contributed by atoms with E-state index >= 15 is 0 Å². The van der Waals surface area contributed by atoms with E-state index in [4.69, 9.17) is 20.9 Å². The molecule has 0 aliphatic rings. The zero-order valence-corrected chi connectivity index (χ0v) is 8.86. The molecule has 1 heterocycles. The topological polar surface area (TPSA) is 48.2 Å². The lowest BCUT2D eigenvalue weighted by Gasteiger charge is -2.03. The van der Waals surface area contributed by atoms with Gasteiger partial charge in [-0.25, -0.2) is 0 Å². The van der Waals surface area contributed by atoms with E-state index in [2.05, 4.69) is 10.1 Å². The second-order valence-corrected chi connectivity index (χ2v) is 3.28. The molecule has 0 fully saturated rings. The van der Waals surface area contributed by atoms with Gasteiger partial charge in [0.2, 0.25) is 5.82 Å². The first kappa shape index (κ1) is 10.1. The zero-order chi connectivity index (χ0) is 10.7. The standard InChI is InChI=1S/C10H9ClN2O2/c1-14-6-7-4-2-3-5-8(7)9-12-10(11)15-13-9/h2-5H,6H2,1H3. The highest BCUT2D eigenvalue weighted by molar-refractivity contribution is 6.27. The van der Waals surface area contributed by atoms with Gasteiger partial charge >= 0.3 is 5.35 Å². The average molecular weight is 225 g/mol. The summed E-state index contributed by atoms with van der Waals surface area (Å²) in [5.74, 6) is 0.479. The molecule has 0 aliphatic heterocycles. The van der Waals surface area contributed by atoms with E-state index in [0.29, 0.717) is 12.4 Å². The largest absolute Gasteiger partial charge is 0.380 e. The van der Waals surface area contributed by atoms with Crippen molar-refractivity contribution in [2.24, 2.45) is 0 Å². The van der Waals surface area contributed by atoms with Gasteiger partial charge in [-0.3, -0.25) is 0 Å². The molecule has 5 heteroatoms. The minimum absolute atomic E-state index is 0.0391. The molecule has 1 aromatic carbocycles. The molecule has 2 aromatic rings. The highest BCUT2D eigenvalue weighted by Gasteiger charge is 2.10. The van der Waals surface area contributed by atoms with Crippen LogP contribution in [0, 0.1) is 0 Å². The molecule has 0 bridgehead atoms. The quantitative estimate of drug-likeness (QED) is 0.804. The summed E-state index contributed by atoms with van der Waals surface area (Å²) < 4.78 is 9.79. The summed E-state index contributed by atoms with van der Waals surface area (Å²) >= 11 is 5.57. The maximum atomic E-state index is 5.57. The summed E-state index contributed by atoms with van der Waals surface area (Å²) in [4.78, 5) is 3.96. The number of rotatable bonds is 3. The molecule has 0 saturated carbocycles. The Hall–Kier alpha value is -1.39. The van der Waals surface area contributed by atoms with E-state index in [1.165, 1.54) is 0 Å². The predicted octanol–water partition coefficient (Wildman–Crippen LogP) is 2.54. The molecule has 4 nitrogen and oxygen atoms in total. The van der Waals surface area contributed by atoms with Gasteiger partial charge in [-0.2, -0.15) is 4.98 Å². The van der Waals surface area contributed by atoms with Crippen LogP contribution in [-0.2, 0) is 11.3 Å². The van der Waals surface area contributed by atoms with E-state index in [0.717, 1.165) is 11.1 Å². The van der Waals surface area contributed by atoms with Gasteiger partial charge in [0.15, 0.2) is 0 Å². The molecule has 78 valence electrons. The third-order valence-corrected chi connectivity index (χ3v) is 2.11. The van der Waals surface area contributed by atoms with Crippen LogP contribution in [0.4, 0.5) is 0 Å². The highest BCUT2D eigenvalue weighted by atomic mass is 35.5. The molecule has 0 saturated heterocycles. The van der Waals surface area contributed by atoms with Gasteiger partial charge in [-0.1, -0.05) is 29.4 Å². The van der Waals surface area contributed by atoms with Crippen LogP contribution < -0.4 is 0 Å². The second-order valence-electron chi connectivity index (χ2n) is 2.96. The summed E-state index contributed by atoms with van der Waals surface area (Å²) in [6.45, 7) is 0.502. The smallest absolute Gasteiger partial charge is 0.320 e. The van der Waals surface area contributed by atoms with Crippen LogP contribution in [0.25, 0.3) is 11.4 Å². The van der Waals surface area contributed by atoms with Gasteiger partial charge in [0.1, 0.15) is 0 Å². The molecule has 15 heavy (non-hydrogen) atoms. The number of ether oxygens (including phenoxy) is 1. The van der Waals surface area contributed by atoms with E-state index < -0.39 is 0 Å². The van der Waals surface area contributed by atoms with E-state index in [1.54, 1.807) is 7.11 Å². The molecule has 0 amide bonds. The number of hydrogen-bond acceptors (Lipinski definition) is 4. The van der Waals surface area contributed by atoms with Gasteiger partial charge in [0, 0.05) is 12.7 Å². The lowest BCUT2D eigenvalue weighted by atomic mass is 10.1. The van der Waals surface area contributed by atoms with Crippen LogP contribution in [0.1, 0.15) is 5.56 Å². The Kier molecular flexibility index (Phi) is 2.99. The van der Waals surface area contributed by atoms with Crippen LogP contribution in [-0.4, -0.2) is 17.3 Å². The molecule has 1 aromatic heterocycles. The maximum absolute atomic E-state index is 5.57. The lowest BCUT2D eigenvalue weighted by molar-refractivity contribution is 0.185. The number of aromatic nitrogens is 2. The van der Waals surface area contributed by atoms with Gasteiger partial charge in [0.05, 0.1) is 6.61 Å². The Morgan fingerprint density at radius 2 is 2.20 bits per heavy atom. The Morgan fingerprint density at radius 1 is 1.40 bits per heavy atom. The summed E-state index contributed by atoms with van der Waals surface area (Å²) in [5, 5.41) is 3.79. The molecule has 0 atom stereocenters. The second kappa shape index (κ2) is 4.42. The SMILES string of the molecule is COCc1ccccc1-c1noc(Cl)n1. The molecule has 0 N–H and O–H groups in total. The van der Waals surface area contributed by atoms with E-state index in [1.807, 2.05) is 24.3 Å². The molecule has 0 radical (unpaired) electrons. The van der Waals surface area contributed by atoms with Crippen LogP contribution in [0.5, 0.6) is 0 Å². The normalized spacial score (nSPS) is 10.5. The molecular formula is C10H9ClN2O2. The monoisotopic (exact) mass is 224 g/mol. The van der Waals surface area contributed by atoms with Crippen LogP contribution in [0.15, 0.2) is 28.8 Å². The van der Waals surface area contributed by atoms with E-state index in [9.17, 15) is 0 Å². The Labute approximate surface area is 91.8 Å². The predicted molar refractivity (Wildman–Crippen MR) is 55.5 cm³/mol. The third-order valence-electron chi connectivity index (χ3n) is 1.96. The summed E-state index contributed by atoms with van der Waals surface area (Å²) in [5.41, 5.74) is 1.87. The Bertz CT molecular complexity index is 456. The fraction of sp³-hybridized carbons (Fsp3) is 0.200. The Balaban J connectivity index is 2.42. The average Bonchev–Trinajstić information content (AvgIpc) is 2.66. The van der Waals surface area contributed by atoms with Crippen LogP contribution in [0.2, 0.25) is 5.35 Å². The van der Waals surface area contributed by atoms with Gasteiger partial charge < -0.3 is 9.26 Å². The van der Waals surface area contributed by atoms with Crippen LogP contribution in [0.3, 0.4) is 0 Å². The van der Waals surface area contributed by atoms with Crippen molar-refractivity contribution in [3.8, 4) is 11.4 Å². The van der Waals surface area contributed by atoms with Gasteiger partial charge in [-0.05, 0) is 17.2 Å². The molecular weight excluding hydrogens is 216 g/mol. The molecule has 2 rings (SSSR count). The number of nitrogens with zero attached hydrogens (tertiary/aromatic N) is 2. The van der Waals surface area contributed by atoms with Crippen molar-refractivity contribution in [2.75, 3.05) is 7.11 Å². The minimum Gasteiger partial charge on any atom is -0.380 e. The van der Waals surface area contributed by atoms with Crippen molar-refractivity contribution >= 4 is 11.6 Å². The van der Waals surface area contributed by atoms with Crippen molar-refractivity contribution in [3.63, 3.8) is 0 Å². The molecule has 0 spiro atoms. The van der Waals surface area contributed by atoms with E-state index in [-0.39, 0.29) is 5.35 Å². The number of halogens is 1. The van der Waals surface area contributed by atoms with Crippen LogP contribution >= 0.6 is 11.6 Å². The molecule has 0 unspecified atom stereocenters. The first-order valence-electron chi connectivity index (χ1n) is 4.37. The number of hydrogen-bond donors (Lipinski definition) is 0. The zero-order valence-electron chi connectivity index (χ0n) is 8.11. The van der Waals surface area contributed by atoms with Crippen molar-refractivity contribution in [1.29, 1.82) is 0 Å². The third kappa shape index (κ3) is 2.16.